The van der Waals surface area contributed by atoms with Crippen molar-refractivity contribution in [3.8, 4) is 28.7 Å². The molecular weight excluding hydrogens is 428 g/mol. The van der Waals surface area contributed by atoms with Crippen LogP contribution in [0.25, 0.3) is 0 Å². The number of carbonyl (C=O) groups is 1. The highest BCUT2D eigenvalue weighted by molar-refractivity contribution is 6.08. The quantitative estimate of drug-likeness (QED) is 0.638. The summed E-state index contributed by atoms with van der Waals surface area (Å²) in [6.45, 7) is 0.757. The van der Waals surface area contributed by atoms with Gasteiger partial charge < -0.3 is 28.4 Å². The van der Waals surface area contributed by atoms with Gasteiger partial charge in [-0.1, -0.05) is 0 Å². The van der Waals surface area contributed by atoms with Crippen molar-refractivity contribution in [3.05, 3.63) is 41.0 Å². The van der Waals surface area contributed by atoms with E-state index >= 15 is 0 Å². The SMILES string of the molecule is COC(=O)[C@@H]1[C@H](c2cc(OC)c(OC)c(OC)c2)c2cc3c(cc2C2=NN(C)C[C@H]21)OCO3. The normalized spacial score (nSPS) is 22.3. The Kier molecular flexibility index (Phi) is 5.19. The van der Waals surface area contributed by atoms with E-state index in [1.165, 1.54) is 7.11 Å². The highest BCUT2D eigenvalue weighted by Crippen LogP contribution is 2.52. The molecule has 9 nitrogen and oxygen atoms in total. The molecule has 3 aliphatic rings. The highest BCUT2D eigenvalue weighted by atomic mass is 16.7. The number of hydrogen-bond donors (Lipinski definition) is 0. The first-order valence-electron chi connectivity index (χ1n) is 10.6. The Morgan fingerprint density at radius 1 is 1.00 bits per heavy atom. The summed E-state index contributed by atoms with van der Waals surface area (Å²) < 4.78 is 33.3. The minimum atomic E-state index is -0.505. The highest BCUT2D eigenvalue weighted by Gasteiger charge is 2.49. The van der Waals surface area contributed by atoms with E-state index in [4.69, 9.17) is 33.5 Å². The Balaban J connectivity index is 1.78. The first-order chi connectivity index (χ1) is 16.0. The van der Waals surface area contributed by atoms with Crippen molar-refractivity contribution in [2.75, 3.05) is 48.8 Å². The summed E-state index contributed by atoms with van der Waals surface area (Å²) in [5, 5.41) is 6.61. The van der Waals surface area contributed by atoms with Crippen LogP contribution in [0.4, 0.5) is 0 Å². The number of esters is 1. The fraction of sp³-hybridized carbons (Fsp3) is 0.417. The molecule has 1 aliphatic carbocycles. The number of ether oxygens (including phenoxy) is 6. The number of benzene rings is 2. The molecule has 3 atom stereocenters. The van der Waals surface area contributed by atoms with Gasteiger partial charge in [0.2, 0.25) is 12.5 Å². The van der Waals surface area contributed by atoms with Crippen molar-refractivity contribution >= 4 is 11.7 Å². The van der Waals surface area contributed by atoms with Gasteiger partial charge in [0.05, 0.1) is 40.1 Å². The monoisotopic (exact) mass is 454 g/mol. The molecule has 0 spiro atoms. The lowest BCUT2D eigenvalue weighted by Gasteiger charge is -2.37. The molecule has 0 aromatic heterocycles. The standard InChI is InChI=1S/C24H26N2O7/c1-26-10-15-21(24(27)31-5)20(12-6-18(28-2)23(30-4)19(7-12)29-3)13-8-16-17(33-11-32-16)9-14(13)22(15)25-26/h6-9,15,20-21H,10-11H2,1-5H3/t15-,20+,21-/m0/s1. The first kappa shape index (κ1) is 21.2. The first-order valence-corrected chi connectivity index (χ1v) is 10.6. The van der Waals surface area contributed by atoms with Crippen LogP contribution in [-0.2, 0) is 9.53 Å². The molecule has 33 heavy (non-hydrogen) atoms. The lowest BCUT2D eigenvalue weighted by atomic mass is 9.65. The second kappa shape index (κ2) is 8.06. The van der Waals surface area contributed by atoms with Crippen LogP contribution in [0.3, 0.4) is 0 Å². The van der Waals surface area contributed by atoms with Crippen molar-refractivity contribution in [3.63, 3.8) is 0 Å². The maximum absolute atomic E-state index is 13.2. The van der Waals surface area contributed by atoms with Crippen LogP contribution in [0.5, 0.6) is 28.7 Å². The zero-order valence-electron chi connectivity index (χ0n) is 19.2. The molecule has 0 saturated carbocycles. The van der Waals surface area contributed by atoms with Crippen molar-refractivity contribution in [1.29, 1.82) is 0 Å². The molecule has 5 rings (SSSR count). The number of fused-ring (bicyclic) bond motifs is 4. The predicted molar refractivity (Wildman–Crippen MR) is 119 cm³/mol. The minimum absolute atomic E-state index is 0.153. The molecule has 0 N–H and O–H groups in total. The molecule has 0 bridgehead atoms. The van der Waals surface area contributed by atoms with Crippen LogP contribution < -0.4 is 23.7 Å². The van der Waals surface area contributed by atoms with Gasteiger partial charge in [-0.05, 0) is 35.4 Å². The van der Waals surface area contributed by atoms with Crippen LogP contribution in [0, 0.1) is 11.8 Å². The smallest absolute Gasteiger partial charge is 0.310 e. The topological polar surface area (TPSA) is 88.1 Å². The zero-order chi connectivity index (χ0) is 23.3. The largest absolute Gasteiger partial charge is 0.493 e. The van der Waals surface area contributed by atoms with Crippen molar-refractivity contribution < 1.29 is 33.2 Å². The summed E-state index contributed by atoms with van der Waals surface area (Å²) in [6, 6.07) is 7.67. The second-order valence-corrected chi connectivity index (χ2v) is 8.21. The van der Waals surface area contributed by atoms with E-state index < -0.39 is 5.92 Å². The Bertz CT molecular complexity index is 1120. The zero-order valence-corrected chi connectivity index (χ0v) is 19.2. The lowest BCUT2D eigenvalue weighted by Crippen LogP contribution is -2.41. The summed E-state index contributed by atoms with van der Waals surface area (Å²) in [5.74, 6) is 1.51. The molecule has 2 aromatic rings. The molecular formula is C24H26N2O7. The van der Waals surface area contributed by atoms with Gasteiger partial charge in [0.1, 0.15) is 0 Å². The van der Waals surface area contributed by atoms with Crippen LogP contribution >= 0.6 is 0 Å². The van der Waals surface area contributed by atoms with E-state index in [1.54, 1.807) is 21.3 Å². The summed E-state index contributed by atoms with van der Waals surface area (Å²) >= 11 is 0. The summed E-state index contributed by atoms with van der Waals surface area (Å²) in [5.41, 5.74) is 3.54. The average molecular weight is 454 g/mol. The van der Waals surface area contributed by atoms with E-state index in [0.717, 1.165) is 22.4 Å². The van der Waals surface area contributed by atoms with E-state index in [2.05, 4.69) is 0 Å². The average Bonchev–Trinajstić information content (AvgIpc) is 3.45. The second-order valence-electron chi connectivity index (χ2n) is 8.21. The number of hydrogen-bond acceptors (Lipinski definition) is 9. The molecule has 2 aliphatic heterocycles. The summed E-state index contributed by atoms with van der Waals surface area (Å²) in [7, 11) is 8.02. The third-order valence-corrected chi connectivity index (χ3v) is 6.56. The van der Waals surface area contributed by atoms with Crippen LogP contribution in [-0.4, -0.2) is 65.5 Å². The molecule has 2 heterocycles. The van der Waals surface area contributed by atoms with Gasteiger partial charge in [-0.25, -0.2) is 0 Å². The Morgan fingerprint density at radius 2 is 1.67 bits per heavy atom. The Labute approximate surface area is 191 Å². The van der Waals surface area contributed by atoms with Gasteiger partial charge in [0, 0.05) is 31.0 Å². The lowest BCUT2D eigenvalue weighted by molar-refractivity contribution is -0.147. The predicted octanol–water partition coefficient (Wildman–Crippen LogP) is 2.64. The van der Waals surface area contributed by atoms with Crippen LogP contribution in [0.1, 0.15) is 22.6 Å². The van der Waals surface area contributed by atoms with Gasteiger partial charge in [-0.15, -0.1) is 0 Å². The van der Waals surface area contributed by atoms with Crippen LogP contribution in [0.2, 0.25) is 0 Å². The number of nitrogens with zero attached hydrogens (tertiary/aromatic N) is 2. The number of carbonyl (C=O) groups excluding carboxylic acids is 1. The molecule has 0 fully saturated rings. The van der Waals surface area contributed by atoms with E-state index in [9.17, 15) is 4.79 Å². The third kappa shape index (κ3) is 3.21. The molecule has 0 amide bonds. The molecule has 2 aromatic carbocycles. The minimum Gasteiger partial charge on any atom is -0.493 e. The van der Waals surface area contributed by atoms with Crippen molar-refractivity contribution in [1.82, 2.24) is 5.01 Å². The Morgan fingerprint density at radius 3 is 2.27 bits per heavy atom. The van der Waals surface area contributed by atoms with Gasteiger partial charge in [-0.2, -0.15) is 5.10 Å². The van der Waals surface area contributed by atoms with E-state index in [-0.39, 0.29) is 24.6 Å². The molecule has 174 valence electrons. The maximum Gasteiger partial charge on any atom is 0.310 e. The molecule has 0 unspecified atom stereocenters. The summed E-state index contributed by atoms with van der Waals surface area (Å²) in [6.07, 6.45) is 0. The number of hydrazone groups is 1. The number of rotatable bonds is 5. The fourth-order valence-corrected chi connectivity index (χ4v) is 5.17. The van der Waals surface area contributed by atoms with Crippen molar-refractivity contribution in [2.45, 2.75) is 5.92 Å². The van der Waals surface area contributed by atoms with Crippen LogP contribution in [0.15, 0.2) is 29.4 Å². The van der Waals surface area contributed by atoms with Gasteiger partial charge >= 0.3 is 5.97 Å². The fourth-order valence-electron chi connectivity index (χ4n) is 5.17. The van der Waals surface area contributed by atoms with Gasteiger partial charge in [0.25, 0.3) is 0 Å². The summed E-state index contributed by atoms with van der Waals surface area (Å²) in [4.78, 5) is 13.2. The van der Waals surface area contributed by atoms with Gasteiger partial charge in [0.15, 0.2) is 23.0 Å². The van der Waals surface area contributed by atoms with E-state index in [1.807, 2.05) is 36.3 Å². The van der Waals surface area contributed by atoms with Gasteiger partial charge in [-0.3, -0.25) is 9.80 Å². The maximum atomic E-state index is 13.2. The van der Waals surface area contributed by atoms with Crippen molar-refractivity contribution in [2.24, 2.45) is 16.9 Å². The number of methoxy groups -OCH3 is 4. The molecule has 9 heteroatoms. The Hall–Kier alpha value is -3.62. The molecule has 0 radical (unpaired) electrons. The van der Waals surface area contributed by atoms with E-state index in [0.29, 0.717) is 35.3 Å². The third-order valence-electron chi connectivity index (χ3n) is 6.56. The molecule has 0 saturated heterocycles.